The molecule has 0 radical (unpaired) electrons. The zero-order valence-electron chi connectivity index (χ0n) is 15.9. The molecule has 2 aromatic rings. The molecule has 140 valence electrons. The number of para-hydroxylation sites is 1. The van der Waals surface area contributed by atoms with Crippen molar-refractivity contribution in [2.24, 2.45) is 0 Å². The topological polar surface area (TPSA) is 54.3 Å². The molecule has 0 bridgehead atoms. The van der Waals surface area contributed by atoms with Crippen molar-refractivity contribution in [1.82, 2.24) is 9.99 Å². The maximum absolute atomic E-state index is 12.8. The lowest BCUT2D eigenvalue weighted by Crippen LogP contribution is -2.35. The molecular weight excluding hydrogens is 338 g/mol. The molecule has 0 atom stereocenters. The van der Waals surface area contributed by atoms with Crippen LogP contribution in [-0.2, 0) is 9.59 Å². The quantitative estimate of drug-likeness (QED) is 0.660. The molecule has 1 saturated heterocycles. The smallest absolute Gasteiger partial charge is 0.282 e. The molecule has 1 aliphatic carbocycles. The van der Waals surface area contributed by atoms with Crippen LogP contribution >= 0.6 is 0 Å². The molecule has 1 aromatic heterocycles. The molecule has 1 aliphatic heterocycles. The average molecular weight is 363 g/mol. The van der Waals surface area contributed by atoms with Gasteiger partial charge in [-0.05, 0) is 56.5 Å². The summed E-state index contributed by atoms with van der Waals surface area (Å²) in [7, 11) is 0. The summed E-state index contributed by atoms with van der Waals surface area (Å²) >= 11 is 0. The van der Waals surface area contributed by atoms with Gasteiger partial charge >= 0.3 is 0 Å². The number of anilines is 1. The summed E-state index contributed by atoms with van der Waals surface area (Å²) in [5.41, 5.74) is 6.78. The maximum Gasteiger partial charge on any atom is 0.282 e. The van der Waals surface area contributed by atoms with E-state index >= 15 is 0 Å². The van der Waals surface area contributed by atoms with Crippen LogP contribution in [0.2, 0.25) is 0 Å². The van der Waals surface area contributed by atoms with E-state index < -0.39 is 0 Å². The summed E-state index contributed by atoms with van der Waals surface area (Å²) < 4.78 is 2.39. The van der Waals surface area contributed by atoms with Crippen molar-refractivity contribution in [2.45, 2.75) is 52.0 Å². The number of hydrogen-bond donors (Lipinski definition) is 1. The monoisotopic (exact) mass is 363 g/mol. The molecule has 2 aliphatic rings. The number of nitrogens with zero attached hydrogens (tertiary/aromatic N) is 2. The molecule has 5 heteroatoms. The summed E-state index contributed by atoms with van der Waals surface area (Å²) in [4.78, 5) is 25.2. The van der Waals surface area contributed by atoms with Gasteiger partial charge in [-0.1, -0.05) is 37.5 Å². The van der Waals surface area contributed by atoms with Crippen LogP contribution in [0.4, 0.5) is 5.69 Å². The average Bonchev–Trinajstić information content (AvgIpc) is 3.13. The van der Waals surface area contributed by atoms with E-state index in [0.717, 1.165) is 11.3 Å². The number of carbonyl (C=O) groups is 2. The van der Waals surface area contributed by atoms with E-state index in [-0.39, 0.29) is 17.4 Å². The van der Waals surface area contributed by atoms with Gasteiger partial charge < -0.3 is 4.57 Å². The summed E-state index contributed by atoms with van der Waals surface area (Å²) in [6, 6.07) is 11.8. The summed E-state index contributed by atoms with van der Waals surface area (Å²) in [6.07, 6.45) is 8.00. The van der Waals surface area contributed by atoms with Gasteiger partial charge in [-0.3, -0.25) is 15.0 Å². The Balaban J connectivity index is 1.65. The fourth-order valence-corrected chi connectivity index (χ4v) is 4.32. The fraction of sp³-hybridized carbons (Fsp3) is 0.364. The Morgan fingerprint density at radius 3 is 2.44 bits per heavy atom. The second kappa shape index (κ2) is 7.06. The van der Waals surface area contributed by atoms with Gasteiger partial charge in [0.05, 0.1) is 5.69 Å². The Kier molecular flexibility index (Phi) is 4.60. The summed E-state index contributed by atoms with van der Waals surface area (Å²) in [6.45, 7) is 4.19. The van der Waals surface area contributed by atoms with Gasteiger partial charge in [0.1, 0.15) is 5.57 Å². The Bertz CT molecular complexity index is 905. The Morgan fingerprint density at radius 1 is 1.04 bits per heavy atom. The van der Waals surface area contributed by atoms with Crippen molar-refractivity contribution < 1.29 is 9.59 Å². The molecule has 0 spiro atoms. The highest BCUT2D eigenvalue weighted by Crippen LogP contribution is 2.33. The lowest BCUT2D eigenvalue weighted by atomic mass is 9.95. The zero-order chi connectivity index (χ0) is 19.0. The first-order valence-electron chi connectivity index (χ1n) is 9.67. The minimum atomic E-state index is -0.355. The molecule has 27 heavy (non-hydrogen) atoms. The fourth-order valence-electron chi connectivity index (χ4n) is 4.32. The molecule has 2 amide bonds. The number of hydrazine groups is 1. The molecule has 2 fully saturated rings. The minimum absolute atomic E-state index is 0.183. The largest absolute Gasteiger partial charge is 0.346 e. The van der Waals surface area contributed by atoms with Crippen molar-refractivity contribution >= 4 is 23.6 Å². The van der Waals surface area contributed by atoms with Crippen molar-refractivity contribution in [3.05, 3.63) is 58.9 Å². The third-order valence-corrected chi connectivity index (χ3v) is 5.67. The van der Waals surface area contributed by atoms with Gasteiger partial charge in [-0.25, -0.2) is 5.01 Å². The summed E-state index contributed by atoms with van der Waals surface area (Å²) in [5, 5.41) is 1.31. The van der Waals surface area contributed by atoms with Gasteiger partial charge in [0.15, 0.2) is 0 Å². The SMILES string of the molecule is Cc1cc(C=C2C(=O)NN(c3ccccc3)C2=O)c(C)n1C1CCCCC1. The van der Waals surface area contributed by atoms with Crippen LogP contribution in [0.1, 0.15) is 55.1 Å². The number of aromatic nitrogens is 1. The molecule has 1 saturated carbocycles. The molecule has 1 N–H and O–H groups in total. The predicted octanol–water partition coefficient (Wildman–Crippen LogP) is 4.07. The summed E-state index contributed by atoms with van der Waals surface area (Å²) in [5.74, 6) is -0.667. The van der Waals surface area contributed by atoms with E-state index in [1.165, 1.54) is 42.8 Å². The molecule has 4 rings (SSSR count). The van der Waals surface area contributed by atoms with Gasteiger partial charge in [0.2, 0.25) is 0 Å². The first-order valence-corrected chi connectivity index (χ1v) is 9.67. The van der Waals surface area contributed by atoms with E-state index in [1.807, 2.05) is 18.2 Å². The Hall–Kier alpha value is -2.82. The van der Waals surface area contributed by atoms with E-state index in [1.54, 1.807) is 18.2 Å². The highest BCUT2D eigenvalue weighted by molar-refractivity contribution is 6.31. The first kappa shape index (κ1) is 17.6. The standard InChI is InChI=1S/C22H25N3O2/c1-15-13-17(16(2)24(15)18-9-5-3-6-10-18)14-20-21(26)23-25(22(20)27)19-11-7-4-8-12-19/h4,7-8,11-14,18H,3,5-6,9-10H2,1-2H3,(H,23,26). The first-order chi connectivity index (χ1) is 13.1. The molecular formula is C22H25N3O2. The third kappa shape index (κ3) is 3.18. The number of rotatable bonds is 3. The van der Waals surface area contributed by atoms with Crippen LogP contribution in [-0.4, -0.2) is 16.4 Å². The molecule has 0 unspecified atom stereocenters. The van der Waals surface area contributed by atoms with Crippen LogP contribution in [0.3, 0.4) is 0 Å². The van der Waals surface area contributed by atoms with Crippen molar-refractivity contribution in [2.75, 3.05) is 5.01 Å². The second-order valence-corrected chi connectivity index (χ2v) is 7.46. The second-order valence-electron chi connectivity index (χ2n) is 7.46. The third-order valence-electron chi connectivity index (χ3n) is 5.67. The predicted molar refractivity (Wildman–Crippen MR) is 106 cm³/mol. The molecule has 5 nitrogen and oxygen atoms in total. The number of benzene rings is 1. The van der Waals surface area contributed by atoms with Crippen molar-refractivity contribution in [3.8, 4) is 0 Å². The lowest BCUT2D eigenvalue weighted by Gasteiger charge is -2.26. The highest BCUT2D eigenvalue weighted by atomic mass is 16.2. The lowest BCUT2D eigenvalue weighted by molar-refractivity contribution is -0.117. The highest BCUT2D eigenvalue weighted by Gasteiger charge is 2.34. The number of amides is 2. The van der Waals surface area contributed by atoms with E-state index in [4.69, 9.17) is 0 Å². The van der Waals surface area contributed by atoms with Gasteiger partial charge in [-0.15, -0.1) is 0 Å². The maximum atomic E-state index is 12.8. The number of carbonyl (C=O) groups excluding carboxylic acids is 2. The zero-order valence-corrected chi connectivity index (χ0v) is 15.9. The Morgan fingerprint density at radius 2 is 1.74 bits per heavy atom. The van der Waals surface area contributed by atoms with E-state index in [2.05, 4.69) is 29.9 Å². The van der Waals surface area contributed by atoms with Crippen LogP contribution in [0, 0.1) is 13.8 Å². The van der Waals surface area contributed by atoms with Crippen LogP contribution in [0.15, 0.2) is 42.0 Å². The molecule has 2 heterocycles. The van der Waals surface area contributed by atoms with Crippen LogP contribution in [0.5, 0.6) is 0 Å². The minimum Gasteiger partial charge on any atom is -0.346 e. The van der Waals surface area contributed by atoms with Crippen molar-refractivity contribution in [1.29, 1.82) is 0 Å². The van der Waals surface area contributed by atoms with Crippen molar-refractivity contribution in [3.63, 3.8) is 0 Å². The van der Waals surface area contributed by atoms with E-state index in [0.29, 0.717) is 11.7 Å². The molecule has 1 aromatic carbocycles. The number of nitrogens with one attached hydrogen (secondary N) is 1. The van der Waals surface area contributed by atoms with E-state index in [9.17, 15) is 9.59 Å². The van der Waals surface area contributed by atoms with Gasteiger partial charge in [0.25, 0.3) is 11.8 Å². The number of aryl methyl sites for hydroxylation is 1. The van der Waals surface area contributed by atoms with Crippen LogP contribution < -0.4 is 10.4 Å². The Labute approximate surface area is 159 Å². The van der Waals surface area contributed by atoms with Gasteiger partial charge in [-0.2, -0.15) is 0 Å². The van der Waals surface area contributed by atoms with Crippen LogP contribution in [0.25, 0.3) is 6.08 Å². The number of hydrogen-bond acceptors (Lipinski definition) is 2. The normalized spacial score (nSPS) is 19.8. The van der Waals surface area contributed by atoms with Gasteiger partial charge in [0, 0.05) is 17.4 Å².